The van der Waals surface area contributed by atoms with Crippen molar-refractivity contribution in [2.24, 2.45) is 0 Å². The fraction of sp³-hybridized carbons (Fsp3) is 0.263. The third kappa shape index (κ3) is 4.07. The van der Waals surface area contributed by atoms with E-state index >= 15 is 0 Å². The molecule has 2 aromatic rings. The molecular formula is C19H20N6O2. The molecule has 0 bridgehead atoms. The summed E-state index contributed by atoms with van der Waals surface area (Å²) in [5.74, 6) is 0.670. The zero-order valence-electron chi connectivity index (χ0n) is 14.6. The quantitative estimate of drug-likeness (QED) is 0.533. The zero-order valence-corrected chi connectivity index (χ0v) is 14.6. The molecule has 1 unspecified atom stereocenters. The van der Waals surface area contributed by atoms with Crippen molar-refractivity contribution in [1.29, 1.82) is 0 Å². The normalized spacial score (nSPS) is 19.0. The predicted octanol–water partition coefficient (Wildman–Crippen LogP) is 2.02. The molecular weight excluding hydrogens is 344 g/mol. The van der Waals surface area contributed by atoms with E-state index < -0.39 is 0 Å². The van der Waals surface area contributed by atoms with E-state index in [-0.39, 0.29) is 18.2 Å². The minimum atomic E-state index is -0.195. The van der Waals surface area contributed by atoms with E-state index in [0.29, 0.717) is 11.3 Å². The Labute approximate surface area is 157 Å². The molecule has 0 aliphatic carbocycles. The van der Waals surface area contributed by atoms with E-state index in [4.69, 9.17) is 11.3 Å². The summed E-state index contributed by atoms with van der Waals surface area (Å²) in [4.78, 5) is 15.7. The number of ether oxygens (including phenoxy) is 1. The van der Waals surface area contributed by atoms with Gasteiger partial charge in [-0.1, -0.05) is 24.3 Å². The van der Waals surface area contributed by atoms with Crippen LogP contribution in [0.2, 0.25) is 0 Å². The van der Waals surface area contributed by atoms with Gasteiger partial charge in [0.1, 0.15) is 11.9 Å². The molecule has 8 heteroatoms. The lowest BCUT2D eigenvalue weighted by atomic mass is 9.99. The second kappa shape index (κ2) is 7.73. The van der Waals surface area contributed by atoms with Crippen LogP contribution < -0.4 is 32.0 Å². The number of nitrogens with one attached hydrogen (secondary N) is 5. The fourth-order valence-corrected chi connectivity index (χ4v) is 3.24. The summed E-state index contributed by atoms with van der Waals surface area (Å²) >= 11 is 0. The molecule has 0 aromatic heterocycles. The number of benzene rings is 2. The van der Waals surface area contributed by atoms with Gasteiger partial charge in [-0.2, -0.15) is 11.1 Å². The van der Waals surface area contributed by atoms with Crippen LogP contribution in [0.25, 0.3) is 4.85 Å². The van der Waals surface area contributed by atoms with Gasteiger partial charge in [-0.15, -0.1) is 0 Å². The molecule has 0 radical (unpaired) electrons. The molecule has 2 heterocycles. The first-order valence-electron chi connectivity index (χ1n) is 8.81. The van der Waals surface area contributed by atoms with Crippen LogP contribution >= 0.6 is 0 Å². The number of anilines is 1. The number of fused-ring (bicyclic) bond motifs is 1. The van der Waals surface area contributed by atoms with Gasteiger partial charge in [0.2, 0.25) is 0 Å². The average molecular weight is 364 g/mol. The molecule has 1 fully saturated rings. The Kier molecular flexibility index (Phi) is 5.00. The van der Waals surface area contributed by atoms with Gasteiger partial charge in [0, 0.05) is 17.7 Å². The number of carbonyl (C=O) groups excluding carboxylic acids is 1. The predicted molar refractivity (Wildman–Crippen MR) is 101 cm³/mol. The fourth-order valence-electron chi connectivity index (χ4n) is 3.24. The van der Waals surface area contributed by atoms with Crippen molar-refractivity contribution in [3.8, 4) is 5.75 Å². The van der Waals surface area contributed by atoms with E-state index in [2.05, 4.69) is 32.1 Å². The first kappa shape index (κ1) is 17.5. The van der Waals surface area contributed by atoms with Gasteiger partial charge in [0.15, 0.2) is 5.69 Å². The number of aryl methyl sites for hydroxylation is 1. The van der Waals surface area contributed by atoms with E-state index in [9.17, 15) is 4.79 Å². The van der Waals surface area contributed by atoms with Crippen LogP contribution in [0.1, 0.15) is 28.8 Å². The first-order chi connectivity index (χ1) is 13.2. The molecule has 2 aliphatic heterocycles. The van der Waals surface area contributed by atoms with Crippen LogP contribution in [0.3, 0.4) is 0 Å². The maximum Gasteiger partial charge on any atom is 0.255 e. The summed E-state index contributed by atoms with van der Waals surface area (Å²) in [6.07, 6.45) is 2.90. The summed E-state index contributed by atoms with van der Waals surface area (Å²) < 4.78 is 6.09. The van der Waals surface area contributed by atoms with Crippen molar-refractivity contribution in [2.45, 2.75) is 31.5 Å². The van der Waals surface area contributed by atoms with Crippen molar-refractivity contribution < 1.29 is 9.53 Å². The lowest BCUT2D eigenvalue weighted by Crippen LogP contribution is -2.39. The van der Waals surface area contributed by atoms with Crippen LogP contribution in [-0.4, -0.2) is 18.2 Å². The van der Waals surface area contributed by atoms with E-state index in [1.54, 1.807) is 24.3 Å². The minimum Gasteiger partial charge on any atom is -0.490 e. The molecule has 4 rings (SSSR count). The Balaban J connectivity index is 1.39. The molecule has 138 valence electrons. The molecule has 5 N–H and O–H groups in total. The van der Waals surface area contributed by atoms with Gasteiger partial charge in [-0.25, -0.2) is 15.7 Å². The number of hydrazine groups is 3. The lowest BCUT2D eigenvalue weighted by molar-refractivity contribution is 0.102. The van der Waals surface area contributed by atoms with Crippen LogP contribution in [0.5, 0.6) is 5.75 Å². The Morgan fingerprint density at radius 1 is 1.19 bits per heavy atom. The molecule has 1 atom stereocenters. The molecule has 1 saturated heterocycles. The summed E-state index contributed by atoms with van der Waals surface area (Å²) in [7, 11) is 0. The van der Waals surface area contributed by atoms with Crippen molar-refractivity contribution in [2.75, 3.05) is 5.32 Å². The highest BCUT2D eigenvalue weighted by Crippen LogP contribution is 2.31. The largest absolute Gasteiger partial charge is 0.490 e. The van der Waals surface area contributed by atoms with Gasteiger partial charge < -0.3 is 10.1 Å². The summed E-state index contributed by atoms with van der Waals surface area (Å²) in [6.45, 7) is 6.97. The van der Waals surface area contributed by atoms with E-state index in [1.807, 2.05) is 18.2 Å². The summed E-state index contributed by atoms with van der Waals surface area (Å²) in [6, 6.07) is 12.3. The molecule has 1 amide bonds. The number of hydrogen-bond donors (Lipinski definition) is 5. The number of nitrogens with zero attached hydrogens (tertiary/aromatic N) is 1. The molecule has 2 aromatic carbocycles. The van der Waals surface area contributed by atoms with Crippen molar-refractivity contribution >= 4 is 17.3 Å². The molecule has 27 heavy (non-hydrogen) atoms. The molecule has 0 spiro atoms. The Bertz CT molecular complexity index is 871. The average Bonchev–Trinajstić information content (AvgIpc) is 3.21. The van der Waals surface area contributed by atoms with E-state index in [0.717, 1.165) is 36.3 Å². The van der Waals surface area contributed by atoms with Crippen LogP contribution in [-0.2, 0) is 6.42 Å². The number of hydrogen-bond acceptors (Lipinski definition) is 6. The summed E-state index contributed by atoms with van der Waals surface area (Å²) in [5, 5.41) is 2.91. The highest BCUT2D eigenvalue weighted by atomic mass is 16.5. The van der Waals surface area contributed by atoms with Crippen molar-refractivity contribution in [3.05, 3.63) is 65.0 Å². The Morgan fingerprint density at radius 2 is 1.96 bits per heavy atom. The molecule has 8 nitrogen and oxygen atoms in total. The SMILES string of the molecule is [C-]#[N+]c1ccc(C(=O)Nc2ccc3c(c2)CCC(CC2NNNN2)O3)cc1. The van der Waals surface area contributed by atoms with Gasteiger partial charge in [-0.3, -0.25) is 4.79 Å². The number of rotatable bonds is 4. The maximum atomic E-state index is 12.4. The Hall–Kier alpha value is -2.96. The van der Waals surface area contributed by atoms with Gasteiger partial charge in [-0.05, 0) is 36.6 Å². The van der Waals surface area contributed by atoms with Crippen molar-refractivity contribution in [1.82, 2.24) is 21.9 Å². The highest BCUT2D eigenvalue weighted by Gasteiger charge is 2.25. The third-order valence-corrected chi connectivity index (χ3v) is 4.66. The highest BCUT2D eigenvalue weighted by molar-refractivity contribution is 6.04. The molecule has 0 saturated carbocycles. The second-order valence-corrected chi connectivity index (χ2v) is 6.54. The third-order valence-electron chi connectivity index (χ3n) is 4.66. The minimum absolute atomic E-state index is 0.115. The zero-order chi connectivity index (χ0) is 18.6. The van der Waals surface area contributed by atoms with E-state index in [1.165, 1.54) is 0 Å². The monoisotopic (exact) mass is 364 g/mol. The summed E-state index contributed by atoms with van der Waals surface area (Å²) in [5.41, 5.74) is 14.6. The standard InChI is InChI=1S/C19H20N6O2/c1-20-14-5-2-12(3-6-14)19(26)21-15-7-9-17-13(10-15)4-8-16(27-17)11-18-22-24-25-23-18/h2-3,5-7,9-10,16,18,22-25H,4,8,11H2,(H,21,26). The van der Waals surface area contributed by atoms with Crippen LogP contribution in [0.15, 0.2) is 42.5 Å². The molecule has 2 aliphatic rings. The van der Waals surface area contributed by atoms with Crippen molar-refractivity contribution in [3.63, 3.8) is 0 Å². The first-order valence-corrected chi connectivity index (χ1v) is 8.81. The number of carbonyl (C=O) groups is 1. The maximum absolute atomic E-state index is 12.4. The van der Waals surface area contributed by atoms with Crippen LogP contribution in [0.4, 0.5) is 11.4 Å². The van der Waals surface area contributed by atoms with Crippen LogP contribution in [0, 0.1) is 6.57 Å². The smallest absolute Gasteiger partial charge is 0.255 e. The van der Waals surface area contributed by atoms with Gasteiger partial charge >= 0.3 is 0 Å². The lowest BCUT2D eigenvalue weighted by Gasteiger charge is -2.28. The van der Waals surface area contributed by atoms with Gasteiger partial charge in [0.25, 0.3) is 5.91 Å². The van der Waals surface area contributed by atoms with Gasteiger partial charge in [0.05, 0.1) is 12.7 Å². The topological polar surface area (TPSA) is 90.8 Å². The Morgan fingerprint density at radius 3 is 2.70 bits per heavy atom. The number of amides is 1. The second-order valence-electron chi connectivity index (χ2n) is 6.54.